The van der Waals surface area contributed by atoms with Crippen LogP contribution < -0.4 is 10.1 Å². The number of morpholine rings is 1. The van der Waals surface area contributed by atoms with Crippen LogP contribution in [0.25, 0.3) is 22.3 Å². The number of carbonyl (C=O) groups is 1. The first-order valence-corrected chi connectivity index (χ1v) is 11.4. The fraction of sp³-hybridized carbons (Fsp3) is 0.240. The van der Waals surface area contributed by atoms with Crippen LogP contribution in [-0.2, 0) is 15.7 Å². The molecule has 190 valence electrons. The zero-order chi connectivity index (χ0) is 25.8. The average molecular weight is 510 g/mol. The number of ether oxygens (including phenoxy) is 2. The fourth-order valence-electron chi connectivity index (χ4n) is 3.88. The lowest BCUT2D eigenvalue weighted by molar-refractivity contribution is -0.138. The highest BCUT2D eigenvalue weighted by Crippen LogP contribution is 2.36. The molecule has 1 fully saturated rings. The smallest absolute Gasteiger partial charge is 0.418 e. The summed E-state index contributed by atoms with van der Waals surface area (Å²) in [5.41, 5.74) is 0.431. The Kier molecular flexibility index (Phi) is 6.82. The van der Waals surface area contributed by atoms with Gasteiger partial charge in [-0.15, -0.1) is 0 Å². The van der Waals surface area contributed by atoms with E-state index in [1.807, 2.05) is 0 Å². The quantitative estimate of drug-likeness (QED) is 0.414. The van der Waals surface area contributed by atoms with Gasteiger partial charge >= 0.3 is 6.18 Å². The molecule has 1 aliphatic heterocycles. The Bertz CT molecular complexity index is 1430. The number of nitrogens with one attached hydrogen (secondary N) is 1. The molecule has 0 spiro atoms. The highest BCUT2D eigenvalue weighted by atomic mass is 19.4. The molecule has 37 heavy (non-hydrogen) atoms. The second-order valence-electron chi connectivity index (χ2n) is 8.15. The number of hydrogen-bond donors (Lipinski definition) is 1. The standard InChI is InChI=1S/C25H21F3N6O3/c26-25(27,28)19-5-2-6-29-22(19)16-11-20-23(30-13-16)24(32-15-31-20)33-17-3-1-4-18(12-17)37-14-21(35)34-7-9-36-10-8-34/h1-6,11-13,15H,7-10,14H2,(H,31,32,33). The van der Waals surface area contributed by atoms with Gasteiger partial charge in [-0.05, 0) is 30.3 Å². The molecule has 12 heteroatoms. The van der Waals surface area contributed by atoms with Gasteiger partial charge in [0.1, 0.15) is 17.6 Å². The normalized spacial score (nSPS) is 14.0. The molecule has 0 unspecified atom stereocenters. The van der Waals surface area contributed by atoms with E-state index in [0.717, 1.165) is 6.07 Å². The van der Waals surface area contributed by atoms with Gasteiger partial charge in [-0.1, -0.05) is 6.07 Å². The number of nitrogens with zero attached hydrogens (tertiary/aromatic N) is 5. The van der Waals surface area contributed by atoms with Crippen LogP contribution in [0.3, 0.4) is 0 Å². The fourth-order valence-corrected chi connectivity index (χ4v) is 3.88. The summed E-state index contributed by atoms with van der Waals surface area (Å²) >= 11 is 0. The number of carbonyl (C=O) groups excluding carboxylic acids is 1. The molecule has 0 atom stereocenters. The summed E-state index contributed by atoms with van der Waals surface area (Å²) in [4.78, 5) is 30.7. The first kappa shape index (κ1) is 24.4. The number of pyridine rings is 2. The van der Waals surface area contributed by atoms with Crippen LogP contribution in [0.5, 0.6) is 5.75 Å². The van der Waals surface area contributed by atoms with Crippen LogP contribution in [0.1, 0.15) is 5.56 Å². The number of rotatable bonds is 6. The lowest BCUT2D eigenvalue weighted by atomic mass is 10.1. The summed E-state index contributed by atoms with van der Waals surface area (Å²) in [6.45, 7) is 2.00. The van der Waals surface area contributed by atoms with Crippen molar-refractivity contribution in [1.82, 2.24) is 24.8 Å². The predicted molar refractivity (Wildman–Crippen MR) is 128 cm³/mol. The predicted octanol–water partition coefficient (Wildman–Crippen LogP) is 4.09. The van der Waals surface area contributed by atoms with Crippen LogP contribution in [0, 0.1) is 0 Å². The number of amides is 1. The Hall–Kier alpha value is -4.32. The van der Waals surface area contributed by atoms with Crippen LogP contribution in [-0.4, -0.2) is 63.7 Å². The molecule has 9 nitrogen and oxygen atoms in total. The van der Waals surface area contributed by atoms with Crippen LogP contribution in [0.4, 0.5) is 24.7 Å². The van der Waals surface area contributed by atoms with E-state index in [-0.39, 0.29) is 23.8 Å². The third-order valence-electron chi connectivity index (χ3n) is 5.68. The molecule has 3 aromatic heterocycles. The van der Waals surface area contributed by atoms with Crippen molar-refractivity contribution in [2.45, 2.75) is 6.18 Å². The lowest BCUT2D eigenvalue weighted by Gasteiger charge is -2.26. The van der Waals surface area contributed by atoms with Crippen molar-refractivity contribution in [3.8, 4) is 17.0 Å². The third-order valence-corrected chi connectivity index (χ3v) is 5.68. The van der Waals surface area contributed by atoms with Crippen molar-refractivity contribution in [3.63, 3.8) is 0 Å². The summed E-state index contributed by atoms with van der Waals surface area (Å²) in [5, 5.41) is 3.13. The maximum Gasteiger partial charge on any atom is 0.418 e. The molecule has 1 N–H and O–H groups in total. The first-order valence-electron chi connectivity index (χ1n) is 11.4. The van der Waals surface area contributed by atoms with Gasteiger partial charge in [0.15, 0.2) is 12.4 Å². The maximum absolute atomic E-state index is 13.4. The van der Waals surface area contributed by atoms with Crippen molar-refractivity contribution >= 4 is 28.4 Å². The second kappa shape index (κ2) is 10.3. The molecule has 0 saturated carbocycles. The number of fused-ring (bicyclic) bond motifs is 1. The zero-order valence-electron chi connectivity index (χ0n) is 19.4. The molecule has 0 aliphatic carbocycles. The Morgan fingerprint density at radius 1 is 1.05 bits per heavy atom. The van der Waals surface area contributed by atoms with Gasteiger partial charge in [0.25, 0.3) is 5.91 Å². The minimum absolute atomic E-state index is 0.0995. The van der Waals surface area contributed by atoms with Crippen LogP contribution in [0.15, 0.2) is 61.2 Å². The monoisotopic (exact) mass is 510 g/mol. The maximum atomic E-state index is 13.4. The van der Waals surface area contributed by atoms with Crippen molar-refractivity contribution < 1.29 is 27.4 Å². The molecule has 1 aliphatic rings. The Morgan fingerprint density at radius 3 is 2.70 bits per heavy atom. The number of alkyl halides is 3. The first-order chi connectivity index (χ1) is 17.9. The van der Waals surface area contributed by atoms with Crippen molar-refractivity contribution in [1.29, 1.82) is 0 Å². The van der Waals surface area contributed by atoms with Crippen molar-refractivity contribution in [2.75, 3.05) is 38.2 Å². The molecule has 0 bridgehead atoms. The van der Waals surface area contributed by atoms with E-state index in [1.54, 1.807) is 29.2 Å². The number of anilines is 2. The van der Waals surface area contributed by atoms with Crippen molar-refractivity contribution in [2.24, 2.45) is 0 Å². The van der Waals surface area contributed by atoms with Gasteiger partial charge in [-0.2, -0.15) is 13.2 Å². The molecule has 5 rings (SSSR count). The Balaban J connectivity index is 1.34. The highest BCUT2D eigenvalue weighted by molar-refractivity contribution is 5.89. The number of hydrogen-bond acceptors (Lipinski definition) is 8. The Morgan fingerprint density at radius 2 is 1.89 bits per heavy atom. The van der Waals surface area contributed by atoms with Crippen LogP contribution >= 0.6 is 0 Å². The topological polar surface area (TPSA) is 102 Å². The van der Waals surface area contributed by atoms with Gasteiger partial charge in [0.05, 0.1) is 30.0 Å². The minimum Gasteiger partial charge on any atom is -0.484 e. The van der Waals surface area contributed by atoms with Gasteiger partial charge < -0.3 is 19.7 Å². The summed E-state index contributed by atoms with van der Waals surface area (Å²) < 4.78 is 51.3. The number of halogens is 3. The third kappa shape index (κ3) is 5.59. The van der Waals surface area contributed by atoms with Crippen molar-refractivity contribution in [3.05, 3.63) is 66.7 Å². The average Bonchev–Trinajstić information content (AvgIpc) is 2.92. The van der Waals surface area contributed by atoms with E-state index < -0.39 is 11.7 Å². The SMILES string of the molecule is O=C(COc1cccc(Nc2ncnc3cc(-c4ncccc4C(F)(F)F)cnc23)c1)N1CCOCC1. The molecule has 0 radical (unpaired) electrons. The zero-order valence-corrected chi connectivity index (χ0v) is 19.4. The number of aromatic nitrogens is 4. The molecule has 1 amide bonds. The summed E-state index contributed by atoms with van der Waals surface area (Å²) in [6.07, 6.45) is -0.659. The van der Waals surface area contributed by atoms with E-state index in [0.29, 0.717) is 54.6 Å². The molecule has 1 saturated heterocycles. The van der Waals surface area contributed by atoms with E-state index in [2.05, 4.69) is 25.3 Å². The van der Waals surface area contributed by atoms with E-state index in [4.69, 9.17) is 9.47 Å². The summed E-state index contributed by atoms with van der Waals surface area (Å²) in [6, 6.07) is 10.7. The molecule has 4 aromatic rings. The summed E-state index contributed by atoms with van der Waals surface area (Å²) in [7, 11) is 0. The molecular formula is C25H21F3N6O3. The number of benzene rings is 1. The molecule has 1 aromatic carbocycles. The van der Waals surface area contributed by atoms with E-state index in [9.17, 15) is 18.0 Å². The van der Waals surface area contributed by atoms with Gasteiger partial charge in [0.2, 0.25) is 0 Å². The summed E-state index contributed by atoms with van der Waals surface area (Å²) in [5.74, 6) is 0.718. The van der Waals surface area contributed by atoms with E-state index >= 15 is 0 Å². The van der Waals surface area contributed by atoms with Gasteiger partial charge in [-0.25, -0.2) is 15.0 Å². The van der Waals surface area contributed by atoms with Gasteiger partial charge in [-0.3, -0.25) is 9.78 Å². The lowest BCUT2D eigenvalue weighted by Crippen LogP contribution is -2.42. The largest absolute Gasteiger partial charge is 0.484 e. The molecule has 4 heterocycles. The van der Waals surface area contributed by atoms with E-state index in [1.165, 1.54) is 30.9 Å². The highest BCUT2D eigenvalue weighted by Gasteiger charge is 2.34. The van der Waals surface area contributed by atoms with Gasteiger partial charge in [0, 0.05) is 42.8 Å². The van der Waals surface area contributed by atoms with Crippen LogP contribution in [0.2, 0.25) is 0 Å². The second-order valence-corrected chi connectivity index (χ2v) is 8.15. The minimum atomic E-state index is -4.56. The Labute approximate surface area is 209 Å². The molecular weight excluding hydrogens is 489 g/mol.